The van der Waals surface area contributed by atoms with Crippen molar-refractivity contribution >= 4 is 11.4 Å². The van der Waals surface area contributed by atoms with Gasteiger partial charge < -0.3 is 19.9 Å². The van der Waals surface area contributed by atoms with Crippen LogP contribution in [0.15, 0.2) is 52.7 Å². The molecule has 2 N–H and O–H groups in total. The summed E-state index contributed by atoms with van der Waals surface area (Å²) in [5, 5.41) is 0. The number of rotatable bonds is 4. The normalized spacial score (nSPS) is 12.8. The first-order chi connectivity index (χ1) is 13.6. The lowest BCUT2D eigenvalue weighted by Gasteiger charge is -2.23. The maximum atomic E-state index is 13.1. The number of anilines is 2. The summed E-state index contributed by atoms with van der Waals surface area (Å²) in [6, 6.07) is 7.89. The topological polar surface area (TPSA) is 60.5 Å². The van der Waals surface area contributed by atoms with Crippen LogP contribution in [0.2, 0.25) is 0 Å². The number of methoxy groups -OCH3 is 1. The molecule has 5 nitrogen and oxygen atoms in total. The van der Waals surface area contributed by atoms with E-state index in [4.69, 9.17) is 10.5 Å². The third-order valence-corrected chi connectivity index (χ3v) is 4.60. The Morgan fingerprint density at radius 3 is 2.38 bits per heavy atom. The smallest absolute Gasteiger partial charge is 0.418 e. The number of aromatic nitrogens is 1. The van der Waals surface area contributed by atoms with Gasteiger partial charge in [-0.2, -0.15) is 13.2 Å². The van der Waals surface area contributed by atoms with E-state index in [9.17, 15) is 18.0 Å². The minimum Gasteiger partial charge on any atom is -0.500 e. The third kappa shape index (κ3) is 5.63. The SMILES string of the molecule is COC(CN)=C1CC1.Cc1cccc(N(C)c2c(C(F)(F)F)ccn(C)c2=O)c1. The van der Waals surface area contributed by atoms with Gasteiger partial charge in [-0.3, -0.25) is 4.79 Å². The predicted octanol–water partition coefficient (Wildman–Crippen LogP) is 4.12. The number of benzene rings is 1. The number of nitrogens with two attached hydrogens (primary N) is 1. The lowest BCUT2D eigenvalue weighted by molar-refractivity contribution is -0.137. The number of hydrogen-bond acceptors (Lipinski definition) is 4. The molecule has 0 bridgehead atoms. The van der Waals surface area contributed by atoms with E-state index in [2.05, 4.69) is 0 Å². The molecule has 3 rings (SSSR count). The molecule has 2 aromatic rings. The molecule has 29 heavy (non-hydrogen) atoms. The van der Waals surface area contributed by atoms with Gasteiger partial charge >= 0.3 is 6.18 Å². The minimum absolute atomic E-state index is 0.377. The molecule has 1 fully saturated rings. The maximum absolute atomic E-state index is 13.1. The Bertz CT molecular complexity index is 937. The largest absolute Gasteiger partial charge is 0.500 e. The molecule has 0 atom stereocenters. The summed E-state index contributed by atoms with van der Waals surface area (Å²) < 4.78 is 45.5. The van der Waals surface area contributed by atoms with Crippen LogP contribution in [-0.4, -0.2) is 25.3 Å². The molecule has 1 aromatic heterocycles. The average molecular weight is 409 g/mol. The molecule has 1 saturated carbocycles. The van der Waals surface area contributed by atoms with E-state index in [0.717, 1.165) is 28.2 Å². The van der Waals surface area contributed by atoms with Crippen LogP contribution in [-0.2, 0) is 18.0 Å². The number of ether oxygens (including phenoxy) is 1. The summed E-state index contributed by atoms with van der Waals surface area (Å²) in [6.45, 7) is 2.40. The van der Waals surface area contributed by atoms with E-state index in [0.29, 0.717) is 12.2 Å². The Balaban J connectivity index is 0.000000313. The highest BCUT2D eigenvalue weighted by Gasteiger charge is 2.36. The molecule has 0 radical (unpaired) electrons. The molecule has 0 unspecified atom stereocenters. The zero-order chi connectivity index (χ0) is 21.8. The van der Waals surface area contributed by atoms with Gasteiger partial charge in [-0.25, -0.2) is 0 Å². The summed E-state index contributed by atoms with van der Waals surface area (Å²) >= 11 is 0. The van der Waals surface area contributed by atoms with Crippen molar-refractivity contribution in [3.8, 4) is 0 Å². The highest BCUT2D eigenvalue weighted by molar-refractivity contribution is 5.66. The molecular weight excluding hydrogens is 383 g/mol. The van der Waals surface area contributed by atoms with E-state index in [1.807, 2.05) is 13.0 Å². The zero-order valence-corrected chi connectivity index (χ0v) is 17.0. The fraction of sp³-hybridized carbons (Fsp3) is 0.381. The first-order valence-corrected chi connectivity index (χ1v) is 9.12. The molecule has 0 spiro atoms. The van der Waals surface area contributed by atoms with Crippen LogP contribution in [0.1, 0.15) is 24.0 Å². The molecule has 1 aliphatic rings. The Morgan fingerprint density at radius 2 is 1.93 bits per heavy atom. The van der Waals surface area contributed by atoms with E-state index in [1.54, 1.807) is 25.3 Å². The molecule has 0 aliphatic heterocycles. The Kier molecular flexibility index (Phi) is 7.13. The first kappa shape index (κ1) is 22.5. The summed E-state index contributed by atoms with van der Waals surface area (Å²) in [5.41, 5.74) is 6.18. The molecule has 0 amide bonds. The number of pyridine rings is 1. The lowest BCUT2D eigenvalue weighted by Crippen LogP contribution is -2.29. The third-order valence-electron chi connectivity index (χ3n) is 4.60. The van der Waals surface area contributed by atoms with Crippen molar-refractivity contribution in [1.29, 1.82) is 0 Å². The van der Waals surface area contributed by atoms with Crippen molar-refractivity contribution in [2.75, 3.05) is 25.6 Å². The van der Waals surface area contributed by atoms with Crippen molar-refractivity contribution in [2.24, 2.45) is 12.8 Å². The van der Waals surface area contributed by atoms with Crippen molar-refractivity contribution in [3.05, 3.63) is 69.3 Å². The van der Waals surface area contributed by atoms with Crippen molar-refractivity contribution in [2.45, 2.75) is 25.9 Å². The van der Waals surface area contributed by atoms with Crippen molar-refractivity contribution in [1.82, 2.24) is 4.57 Å². The minimum atomic E-state index is -4.58. The second-order valence-corrected chi connectivity index (χ2v) is 6.82. The second-order valence-electron chi connectivity index (χ2n) is 6.82. The number of nitrogens with zero attached hydrogens (tertiary/aromatic N) is 2. The van der Waals surface area contributed by atoms with Crippen LogP contribution in [0.25, 0.3) is 0 Å². The highest BCUT2D eigenvalue weighted by Crippen LogP contribution is 2.36. The molecule has 0 saturated heterocycles. The Morgan fingerprint density at radius 1 is 1.28 bits per heavy atom. The quantitative estimate of drug-likeness (QED) is 0.772. The van der Waals surface area contributed by atoms with Crippen LogP contribution < -0.4 is 16.2 Å². The van der Waals surface area contributed by atoms with Gasteiger partial charge in [0.1, 0.15) is 11.4 Å². The van der Waals surface area contributed by atoms with E-state index < -0.39 is 17.3 Å². The zero-order valence-electron chi connectivity index (χ0n) is 17.0. The predicted molar refractivity (Wildman–Crippen MR) is 108 cm³/mol. The summed E-state index contributed by atoms with van der Waals surface area (Å²) in [5.74, 6) is 0.991. The number of alkyl halides is 3. The highest BCUT2D eigenvalue weighted by atomic mass is 19.4. The summed E-state index contributed by atoms with van der Waals surface area (Å²) in [4.78, 5) is 13.4. The van der Waals surface area contributed by atoms with E-state index in [-0.39, 0.29) is 5.69 Å². The average Bonchev–Trinajstić information content (AvgIpc) is 3.49. The van der Waals surface area contributed by atoms with Gasteiger partial charge in [0.15, 0.2) is 0 Å². The Labute approximate surface area is 168 Å². The van der Waals surface area contributed by atoms with Crippen molar-refractivity contribution in [3.63, 3.8) is 0 Å². The van der Waals surface area contributed by atoms with Crippen LogP contribution >= 0.6 is 0 Å². The first-order valence-electron chi connectivity index (χ1n) is 9.12. The molecular formula is C21H26F3N3O2. The second kappa shape index (κ2) is 9.17. The molecule has 1 aliphatic carbocycles. The van der Waals surface area contributed by atoms with Crippen LogP contribution in [0.3, 0.4) is 0 Å². The standard InChI is InChI=1S/C15H15F3N2O.C6H11NO/c1-10-5-4-6-11(9-10)20(3)13-12(15(16,17)18)7-8-19(2)14(13)21;1-8-6(4-7)5-2-3-5/h4-9H,1-3H3;2-4,7H2,1H3. The van der Waals surface area contributed by atoms with E-state index in [1.165, 1.54) is 37.4 Å². The van der Waals surface area contributed by atoms with Gasteiger partial charge in [0.25, 0.3) is 5.56 Å². The monoisotopic (exact) mass is 409 g/mol. The van der Waals surface area contributed by atoms with Gasteiger partial charge in [0, 0.05) is 26.0 Å². The van der Waals surface area contributed by atoms with Gasteiger partial charge in [0.2, 0.25) is 0 Å². The fourth-order valence-electron chi connectivity index (χ4n) is 2.85. The summed E-state index contributed by atoms with van der Waals surface area (Å²) in [6.07, 6.45) is -1.07. The lowest BCUT2D eigenvalue weighted by atomic mass is 10.1. The number of allylic oxidation sites excluding steroid dienone is 1. The summed E-state index contributed by atoms with van der Waals surface area (Å²) in [7, 11) is 4.56. The molecule has 158 valence electrons. The number of halogens is 3. The van der Waals surface area contributed by atoms with Crippen LogP contribution in [0.4, 0.5) is 24.5 Å². The molecule has 1 heterocycles. The van der Waals surface area contributed by atoms with Gasteiger partial charge in [0.05, 0.1) is 19.2 Å². The maximum Gasteiger partial charge on any atom is 0.418 e. The van der Waals surface area contributed by atoms with Crippen LogP contribution in [0, 0.1) is 6.92 Å². The number of aryl methyl sites for hydroxylation is 2. The van der Waals surface area contributed by atoms with Gasteiger partial charge in [-0.05, 0) is 49.1 Å². The van der Waals surface area contributed by atoms with Gasteiger partial charge in [-0.1, -0.05) is 12.1 Å². The Hall–Kier alpha value is -2.74. The van der Waals surface area contributed by atoms with Crippen LogP contribution in [0.5, 0.6) is 0 Å². The molecule has 8 heteroatoms. The fourth-order valence-corrected chi connectivity index (χ4v) is 2.85. The van der Waals surface area contributed by atoms with Crippen molar-refractivity contribution < 1.29 is 17.9 Å². The van der Waals surface area contributed by atoms with E-state index >= 15 is 0 Å². The molecule has 1 aromatic carbocycles. The van der Waals surface area contributed by atoms with Gasteiger partial charge in [-0.15, -0.1) is 0 Å². The number of hydrogen-bond donors (Lipinski definition) is 1.